The molecule has 0 N–H and O–H groups in total. The molecule has 14 heavy (non-hydrogen) atoms. The van der Waals surface area contributed by atoms with E-state index in [-0.39, 0.29) is 21.4 Å². The highest BCUT2D eigenvalue weighted by atomic mass is 35.5. The van der Waals surface area contributed by atoms with Gasteiger partial charge in [0.15, 0.2) is 0 Å². The standard InChI is InChI=1S/C7H3Cl2N3O2/c1-3-4(2-10)5(8)6(12(13)14)7(9)11-3/h1H3. The molecule has 0 atom stereocenters. The molecule has 7 heteroatoms. The van der Waals surface area contributed by atoms with Crippen LogP contribution in [0.1, 0.15) is 11.3 Å². The van der Waals surface area contributed by atoms with Crippen molar-refractivity contribution in [3.8, 4) is 6.07 Å². The van der Waals surface area contributed by atoms with Crippen LogP contribution in [-0.4, -0.2) is 9.91 Å². The summed E-state index contributed by atoms with van der Waals surface area (Å²) in [5, 5.41) is 18.6. The molecule has 0 aliphatic carbocycles. The van der Waals surface area contributed by atoms with Gasteiger partial charge in [-0.1, -0.05) is 23.2 Å². The fourth-order valence-corrected chi connectivity index (χ4v) is 1.59. The highest BCUT2D eigenvalue weighted by Crippen LogP contribution is 2.34. The number of halogens is 2. The van der Waals surface area contributed by atoms with Crippen LogP contribution in [0.5, 0.6) is 0 Å². The molecule has 0 unspecified atom stereocenters. The Kier molecular flexibility index (Phi) is 2.89. The van der Waals surface area contributed by atoms with Gasteiger partial charge < -0.3 is 0 Å². The fourth-order valence-electron chi connectivity index (χ4n) is 0.909. The molecule has 0 fully saturated rings. The van der Waals surface area contributed by atoms with Crippen LogP contribution in [0.2, 0.25) is 10.2 Å². The second-order valence-electron chi connectivity index (χ2n) is 2.39. The monoisotopic (exact) mass is 231 g/mol. The normalized spacial score (nSPS) is 9.57. The second kappa shape index (κ2) is 3.78. The molecule has 1 heterocycles. The van der Waals surface area contributed by atoms with Crippen LogP contribution < -0.4 is 0 Å². The zero-order valence-electron chi connectivity index (χ0n) is 6.91. The van der Waals surface area contributed by atoms with Gasteiger partial charge in [-0.2, -0.15) is 5.26 Å². The molecule has 1 rings (SSSR count). The van der Waals surface area contributed by atoms with Gasteiger partial charge in [-0.15, -0.1) is 0 Å². The number of nitro groups is 1. The Morgan fingerprint density at radius 2 is 2.14 bits per heavy atom. The summed E-state index contributed by atoms with van der Waals surface area (Å²) < 4.78 is 0. The molecule has 0 aliphatic heterocycles. The van der Waals surface area contributed by atoms with Gasteiger partial charge in [0.25, 0.3) is 0 Å². The Morgan fingerprint density at radius 3 is 2.57 bits per heavy atom. The molecule has 0 amide bonds. The van der Waals surface area contributed by atoms with Crippen molar-refractivity contribution < 1.29 is 4.92 Å². The number of aryl methyl sites for hydroxylation is 1. The van der Waals surface area contributed by atoms with Crippen LogP contribution in [0.4, 0.5) is 5.69 Å². The summed E-state index contributed by atoms with van der Waals surface area (Å²) in [6, 6.07) is 1.73. The topological polar surface area (TPSA) is 79.8 Å². The first-order chi connectivity index (χ1) is 6.49. The summed E-state index contributed by atoms with van der Waals surface area (Å²) in [5.41, 5.74) is -0.286. The molecule has 5 nitrogen and oxygen atoms in total. The van der Waals surface area contributed by atoms with E-state index in [1.54, 1.807) is 6.07 Å². The number of pyridine rings is 1. The van der Waals surface area contributed by atoms with E-state index in [1.165, 1.54) is 6.92 Å². The largest absolute Gasteiger partial charge is 0.326 e. The summed E-state index contributed by atoms with van der Waals surface area (Å²) in [6.45, 7) is 1.50. The Bertz CT molecular complexity index is 453. The minimum atomic E-state index is -0.766. The average molecular weight is 232 g/mol. The molecular formula is C7H3Cl2N3O2. The molecule has 0 saturated heterocycles. The van der Waals surface area contributed by atoms with Crippen molar-refractivity contribution in [1.29, 1.82) is 5.26 Å². The zero-order valence-corrected chi connectivity index (χ0v) is 8.43. The van der Waals surface area contributed by atoms with Crippen molar-refractivity contribution in [3.63, 3.8) is 0 Å². The van der Waals surface area contributed by atoms with Crippen LogP contribution in [0, 0.1) is 28.4 Å². The van der Waals surface area contributed by atoms with Gasteiger partial charge in [0.1, 0.15) is 11.1 Å². The van der Waals surface area contributed by atoms with E-state index in [4.69, 9.17) is 28.5 Å². The number of hydrogen-bond acceptors (Lipinski definition) is 4. The van der Waals surface area contributed by atoms with Gasteiger partial charge in [-0.05, 0) is 6.92 Å². The maximum absolute atomic E-state index is 10.5. The first-order valence-corrected chi connectivity index (χ1v) is 4.14. The summed E-state index contributed by atoms with van der Waals surface area (Å²) in [6.07, 6.45) is 0. The summed E-state index contributed by atoms with van der Waals surface area (Å²) in [5.74, 6) is 0. The third-order valence-corrected chi connectivity index (χ3v) is 2.18. The smallest absolute Gasteiger partial charge is 0.258 e. The second-order valence-corrected chi connectivity index (χ2v) is 3.13. The first-order valence-electron chi connectivity index (χ1n) is 3.39. The predicted octanol–water partition coefficient (Wildman–Crippen LogP) is 2.48. The van der Waals surface area contributed by atoms with Gasteiger partial charge in [0, 0.05) is 0 Å². The molecule has 0 spiro atoms. The fraction of sp³-hybridized carbons (Fsp3) is 0.143. The number of nitrogens with zero attached hydrogens (tertiary/aromatic N) is 3. The zero-order chi connectivity index (χ0) is 10.9. The lowest BCUT2D eigenvalue weighted by molar-refractivity contribution is -0.384. The van der Waals surface area contributed by atoms with Crippen molar-refractivity contribution in [2.24, 2.45) is 0 Å². The molecule has 0 radical (unpaired) electrons. The Morgan fingerprint density at radius 1 is 1.57 bits per heavy atom. The number of aromatic nitrogens is 1. The summed E-state index contributed by atoms with van der Waals surface area (Å²) in [4.78, 5) is 13.4. The molecule has 0 aromatic carbocycles. The SMILES string of the molecule is Cc1nc(Cl)c([N+](=O)[O-])c(Cl)c1C#N. The van der Waals surface area contributed by atoms with Crippen LogP contribution in [0.25, 0.3) is 0 Å². The quantitative estimate of drug-likeness (QED) is 0.423. The van der Waals surface area contributed by atoms with Crippen LogP contribution >= 0.6 is 23.2 Å². The molecule has 0 saturated carbocycles. The molecule has 1 aromatic heterocycles. The van der Waals surface area contributed by atoms with Crippen molar-refractivity contribution in [1.82, 2.24) is 4.98 Å². The highest BCUT2D eigenvalue weighted by molar-refractivity contribution is 6.38. The summed E-state index contributed by atoms with van der Waals surface area (Å²) >= 11 is 11.1. The Hall–Kier alpha value is -1.38. The Balaban J connectivity index is 3.62. The van der Waals surface area contributed by atoms with Gasteiger partial charge in [0.05, 0.1) is 16.2 Å². The maximum Gasteiger partial charge on any atom is 0.326 e. The minimum Gasteiger partial charge on any atom is -0.258 e. The van der Waals surface area contributed by atoms with E-state index >= 15 is 0 Å². The number of nitriles is 1. The van der Waals surface area contributed by atoms with Gasteiger partial charge in [-0.25, -0.2) is 4.98 Å². The van der Waals surface area contributed by atoms with Crippen molar-refractivity contribution in [3.05, 3.63) is 31.5 Å². The molecule has 0 aliphatic rings. The minimum absolute atomic E-state index is 0.0252. The maximum atomic E-state index is 10.5. The van der Waals surface area contributed by atoms with Crippen LogP contribution in [-0.2, 0) is 0 Å². The highest BCUT2D eigenvalue weighted by Gasteiger charge is 2.24. The molecule has 1 aromatic rings. The lowest BCUT2D eigenvalue weighted by Gasteiger charge is -2.01. The van der Waals surface area contributed by atoms with E-state index < -0.39 is 10.6 Å². The average Bonchev–Trinajstić information content (AvgIpc) is 2.02. The van der Waals surface area contributed by atoms with Gasteiger partial charge >= 0.3 is 5.69 Å². The molecule has 72 valence electrons. The van der Waals surface area contributed by atoms with E-state index in [0.29, 0.717) is 0 Å². The lowest BCUT2D eigenvalue weighted by atomic mass is 10.2. The van der Waals surface area contributed by atoms with Gasteiger partial charge in [-0.3, -0.25) is 10.1 Å². The van der Waals surface area contributed by atoms with Crippen molar-refractivity contribution in [2.45, 2.75) is 6.92 Å². The summed E-state index contributed by atoms with van der Waals surface area (Å²) in [7, 11) is 0. The van der Waals surface area contributed by atoms with Crippen LogP contribution in [0.3, 0.4) is 0 Å². The van der Waals surface area contributed by atoms with E-state index in [0.717, 1.165) is 0 Å². The molecule has 0 bridgehead atoms. The van der Waals surface area contributed by atoms with Gasteiger partial charge in [0.2, 0.25) is 5.15 Å². The first kappa shape index (κ1) is 10.7. The third-order valence-electron chi connectivity index (χ3n) is 1.54. The van der Waals surface area contributed by atoms with Crippen LogP contribution in [0.15, 0.2) is 0 Å². The van der Waals surface area contributed by atoms with Crippen molar-refractivity contribution in [2.75, 3.05) is 0 Å². The van der Waals surface area contributed by atoms with E-state index in [1.807, 2.05) is 0 Å². The van der Waals surface area contributed by atoms with E-state index in [9.17, 15) is 10.1 Å². The van der Waals surface area contributed by atoms with E-state index in [2.05, 4.69) is 4.98 Å². The Labute approximate surface area is 89.0 Å². The van der Waals surface area contributed by atoms with Crippen molar-refractivity contribution >= 4 is 28.9 Å². The predicted molar refractivity (Wildman–Crippen MR) is 50.4 cm³/mol. The number of hydrogen-bond donors (Lipinski definition) is 0. The third kappa shape index (κ3) is 1.62. The molecular weight excluding hydrogens is 229 g/mol. The lowest BCUT2D eigenvalue weighted by Crippen LogP contribution is -1.98. The number of rotatable bonds is 1.